The van der Waals surface area contributed by atoms with Crippen molar-refractivity contribution >= 4 is 10.9 Å². The predicted molar refractivity (Wildman–Crippen MR) is 219 cm³/mol. The van der Waals surface area contributed by atoms with Crippen molar-refractivity contribution in [3.05, 3.63) is 216 Å². The number of ether oxygens (including phenoxy) is 1. The molecule has 0 bridgehead atoms. The maximum atomic E-state index is 6.60. The molecule has 0 saturated heterocycles. The molecule has 11 rings (SSSR count). The summed E-state index contributed by atoms with van der Waals surface area (Å²) < 4.78 is 6.60. The number of para-hydroxylation sites is 3. The third-order valence-corrected chi connectivity index (χ3v) is 11.2. The Bertz CT molecular complexity index is 2850. The molecule has 1 aliphatic heterocycles. The molecule has 8 aromatic carbocycles. The predicted octanol–water partition coefficient (Wildman–Crippen LogP) is 12.8. The first kappa shape index (κ1) is 30.5. The standard InChI is InChI=1S/C51H32N2O/c1-2-13-33(14-3-1)34-25-31-37(32-26-34)50-52-45-22-9-5-16-41(45)49(53-50)36-29-27-35(28-30-36)38-17-12-18-40-39-15-4-6-19-42(39)51(48(38)40)43-20-7-10-23-46(43)54-47-24-11-8-21-44(47)51/h1-32H. The van der Waals surface area contributed by atoms with Crippen LogP contribution < -0.4 is 4.74 Å². The van der Waals surface area contributed by atoms with Gasteiger partial charge in [-0.3, -0.25) is 0 Å². The van der Waals surface area contributed by atoms with Gasteiger partial charge in [-0.25, -0.2) is 9.97 Å². The van der Waals surface area contributed by atoms with E-state index in [-0.39, 0.29) is 0 Å². The third-order valence-electron chi connectivity index (χ3n) is 11.2. The minimum Gasteiger partial charge on any atom is -0.457 e. The molecule has 0 amide bonds. The van der Waals surface area contributed by atoms with Crippen molar-refractivity contribution in [2.24, 2.45) is 0 Å². The van der Waals surface area contributed by atoms with Gasteiger partial charge in [0.05, 0.1) is 16.6 Å². The summed E-state index contributed by atoms with van der Waals surface area (Å²) in [7, 11) is 0. The number of aromatic nitrogens is 2. The summed E-state index contributed by atoms with van der Waals surface area (Å²) in [5.41, 5.74) is 15.5. The number of hydrogen-bond acceptors (Lipinski definition) is 3. The zero-order valence-electron chi connectivity index (χ0n) is 29.3. The molecule has 0 atom stereocenters. The van der Waals surface area contributed by atoms with Crippen molar-refractivity contribution in [3.63, 3.8) is 0 Å². The highest BCUT2D eigenvalue weighted by atomic mass is 16.5. The van der Waals surface area contributed by atoms with Crippen LogP contribution in [0, 0.1) is 0 Å². The summed E-state index contributed by atoms with van der Waals surface area (Å²) in [5.74, 6) is 2.50. The summed E-state index contributed by atoms with van der Waals surface area (Å²) in [6.07, 6.45) is 0. The van der Waals surface area contributed by atoms with Crippen molar-refractivity contribution in [1.29, 1.82) is 0 Å². The molecular formula is C51H32N2O. The topological polar surface area (TPSA) is 35.0 Å². The van der Waals surface area contributed by atoms with E-state index in [4.69, 9.17) is 14.7 Å². The number of rotatable bonds is 4. The van der Waals surface area contributed by atoms with Crippen LogP contribution in [0.2, 0.25) is 0 Å². The van der Waals surface area contributed by atoms with Gasteiger partial charge in [0, 0.05) is 27.6 Å². The van der Waals surface area contributed by atoms with Gasteiger partial charge < -0.3 is 4.74 Å². The maximum absolute atomic E-state index is 6.60. The van der Waals surface area contributed by atoms with E-state index in [1.165, 1.54) is 38.9 Å². The summed E-state index contributed by atoms with van der Waals surface area (Å²) in [6, 6.07) is 68.9. The Morgan fingerprint density at radius 3 is 1.65 bits per heavy atom. The molecule has 2 aliphatic rings. The van der Waals surface area contributed by atoms with Gasteiger partial charge in [0.15, 0.2) is 5.82 Å². The van der Waals surface area contributed by atoms with Crippen LogP contribution in [-0.2, 0) is 5.41 Å². The van der Waals surface area contributed by atoms with Crippen molar-refractivity contribution in [3.8, 4) is 67.5 Å². The van der Waals surface area contributed by atoms with Crippen molar-refractivity contribution in [2.75, 3.05) is 0 Å². The lowest BCUT2D eigenvalue weighted by atomic mass is 9.64. The molecule has 2 heterocycles. The summed E-state index contributed by atoms with van der Waals surface area (Å²) in [5, 5.41) is 1.03. The van der Waals surface area contributed by atoms with E-state index in [1.807, 2.05) is 12.1 Å². The van der Waals surface area contributed by atoms with Gasteiger partial charge >= 0.3 is 0 Å². The molecule has 1 spiro atoms. The van der Waals surface area contributed by atoms with Gasteiger partial charge in [0.2, 0.25) is 0 Å². The Morgan fingerprint density at radius 2 is 0.889 bits per heavy atom. The Balaban J connectivity index is 1.06. The molecule has 9 aromatic rings. The minimum absolute atomic E-state index is 0.541. The Labute approximate surface area is 313 Å². The molecule has 252 valence electrons. The molecule has 54 heavy (non-hydrogen) atoms. The zero-order valence-corrected chi connectivity index (χ0v) is 29.3. The average Bonchev–Trinajstić information content (AvgIpc) is 3.55. The first-order chi connectivity index (χ1) is 26.8. The Morgan fingerprint density at radius 1 is 0.352 bits per heavy atom. The SMILES string of the molecule is c1ccc(-c2ccc(-c3nc(-c4ccc(-c5cccc6c5C5(c7ccccc7Oc7ccccc75)c5ccccc5-6)cc4)c4ccccc4n3)cc2)cc1. The second-order valence-corrected chi connectivity index (χ2v) is 14.1. The largest absolute Gasteiger partial charge is 0.457 e. The quantitative estimate of drug-likeness (QED) is 0.185. The van der Waals surface area contributed by atoms with Gasteiger partial charge in [0.1, 0.15) is 11.5 Å². The number of fused-ring (bicyclic) bond motifs is 10. The van der Waals surface area contributed by atoms with Gasteiger partial charge in [-0.1, -0.05) is 176 Å². The lowest BCUT2D eigenvalue weighted by Gasteiger charge is -2.40. The van der Waals surface area contributed by atoms with Gasteiger partial charge in [0.25, 0.3) is 0 Å². The first-order valence-corrected chi connectivity index (χ1v) is 18.4. The third kappa shape index (κ3) is 4.49. The van der Waals surface area contributed by atoms with Crippen LogP contribution >= 0.6 is 0 Å². The molecule has 1 aromatic heterocycles. The minimum atomic E-state index is -0.541. The highest BCUT2D eigenvalue weighted by molar-refractivity contribution is 5.96. The molecule has 3 nitrogen and oxygen atoms in total. The van der Waals surface area contributed by atoms with Crippen molar-refractivity contribution in [1.82, 2.24) is 9.97 Å². The van der Waals surface area contributed by atoms with E-state index in [1.54, 1.807) is 0 Å². The fourth-order valence-electron chi connectivity index (χ4n) is 8.83. The summed E-state index contributed by atoms with van der Waals surface area (Å²) in [6.45, 7) is 0. The molecule has 0 N–H and O–H groups in total. The molecule has 0 unspecified atom stereocenters. The van der Waals surface area contributed by atoms with E-state index < -0.39 is 5.41 Å². The molecule has 1 aliphatic carbocycles. The maximum Gasteiger partial charge on any atom is 0.160 e. The van der Waals surface area contributed by atoms with Gasteiger partial charge in [-0.15, -0.1) is 0 Å². The fourth-order valence-corrected chi connectivity index (χ4v) is 8.83. The van der Waals surface area contributed by atoms with Gasteiger partial charge in [-0.05, 0) is 62.7 Å². The van der Waals surface area contributed by atoms with Crippen LogP contribution in [0.3, 0.4) is 0 Å². The van der Waals surface area contributed by atoms with Crippen LogP contribution in [0.25, 0.3) is 66.9 Å². The number of nitrogens with zero attached hydrogens (tertiary/aromatic N) is 2. The second-order valence-electron chi connectivity index (χ2n) is 14.1. The molecule has 0 saturated carbocycles. The fraction of sp³-hybridized carbons (Fsp3) is 0.0196. The highest BCUT2D eigenvalue weighted by Crippen LogP contribution is 2.63. The summed E-state index contributed by atoms with van der Waals surface area (Å²) >= 11 is 0. The Hall–Kier alpha value is -7.10. The van der Waals surface area contributed by atoms with E-state index in [0.717, 1.165) is 55.9 Å². The second kappa shape index (κ2) is 12.0. The van der Waals surface area contributed by atoms with Crippen molar-refractivity contribution < 1.29 is 4.74 Å². The van der Waals surface area contributed by atoms with Crippen molar-refractivity contribution in [2.45, 2.75) is 5.41 Å². The van der Waals surface area contributed by atoms with Crippen LogP contribution in [0.5, 0.6) is 11.5 Å². The number of benzene rings is 8. The van der Waals surface area contributed by atoms with E-state index >= 15 is 0 Å². The van der Waals surface area contributed by atoms with Crippen LogP contribution in [0.4, 0.5) is 0 Å². The first-order valence-electron chi connectivity index (χ1n) is 18.4. The average molecular weight is 689 g/mol. The lowest BCUT2D eigenvalue weighted by molar-refractivity contribution is 0.436. The molecular weight excluding hydrogens is 657 g/mol. The number of hydrogen-bond donors (Lipinski definition) is 0. The van der Waals surface area contributed by atoms with Crippen LogP contribution in [0.1, 0.15) is 22.3 Å². The zero-order chi connectivity index (χ0) is 35.6. The van der Waals surface area contributed by atoms with Crippen LogP contribution in [-0.4, -0.2) is 9.97 Å². The normalized spacial score (nSPS) is 13.1. The molecule has 3 heteroatoms. The highest BCUT2D eigenvalue weighted by Gasteiger charge is 2.52. The molecule has 0 fully saturated rings. The van der Waals surface area contributed by atoms with Gasteiger partial charge in [-0.2, -0.15) is 0 Å². The molecule has 0 radical (unpaired) electrons. The van der Waals surface area contributed by atoms with E-state index in [2.05, 4.69) is 182 Å². The Kier molecular flexibility index (Phi) is 6.77. The summed E-state index contributed by atoms with van der Waals surface area (Å²) in [4.78, 5) is 10.2. The smallest absolute Gasteiger partial charge is 0.160 e. The monoisotopic (exact) mass is 688 g/mol. The van der Waals surface area contributed by atoms with Crippen LogP contribution in [0.15, 0.2) is 194 Å². The van der Waals surface area contributed by atoms with E-state index in [0.29, 0.717) is 5.82 Å². The lowest BCUT2D eigenvalue weighted by Crippen LogP contribution is -2.32. The van der Waals surface area contributed by atoms with E-state index in [9.17, 15) is 0 Å².